The van der Waals surface area contributed by atoms with E-state index in [2.05, 4.69) is 180 Å². The van der Waals surface area contributed by atoms with E-state index in [4.69, 9.17) is 0 Å². The molecule has 0 N–H and O–H groups in total. The van der Waals surface area contributed by atoms with E-state index in [-0.39, 0.29) is 0 Å². The molecule has 0 saturated carbocycles. The van der Waals surface area contributed by atoms with Crippen molar-refractivity contribution in [1.82, 2.24) is 9.13 Å². The summed E-state index contributed by atoms with van der Waals surface area (Å²) < 4.78 is 4.76. The van der Waals surface area contributed by atoms with E-state index >= 15 is 0 Å². The van der Waals surface area contributed by atoms with Crippen LogP contribution in [0.5, 0.6) is 0 Å². The molecule has 0 amide bonds. The first-order valence-electron chi connectivity index (χ1n) is 15.7. The fourth-order valence-corrected chi connectivity index (χ4v) is 7.09. The van der Waals surface area contributed by atoms with Crippen molar-refractivity contribution in [1.29, 1.82) is 0 Å². The zero-order valence-corrected chi connectivity index (χ0v) is 25.3. The fraction of sp³-hybridized carbons (Fsp3) is 0. The van der Waals surface area contributed by atoms with Gasteiger partial charge in [0, 0.05) is 32.9 Å². The van der Waals surface area contributed by atoms with Gasteiger partial charge in [0.2, 0.25) is 0 Å². The Labute approximate surface area is 267 Å². The molecule has 0 aliphatic rings. The van der Waals surface area contributed by atoms with Crippen LogP contribution in [-0.2, 0) is 0 Å². The Bertz CT molecular complexity index is 2580. The summed E-state index contributed by atoms with van der Waals surface area (Å²) in [7, 11) is 0. The number of aromatic nitrogens is 2. The number of benzene rings is 7. The summed E-state index contributed by atoms with van der Waals surface area (Å²) in [6, 6.07) is 59.2. The highest BCUT2D eigenvalue weighted by molar-refractivity contribution is 6.13. The molecule has 2 nitrogen and oxygen atoms in total. The molecule has 7 aromatic carbocycles. The second-order valence-electron chi connectivity index (χ2n) is 11.9. The van der Waals surface area contributed by atoms with Gasteiger partial charge in [-0.1, -0.05) is 110 Å². The fourth-order valence-electron chi connectivity index (χ4n) is 7.09. The molecule has 216 valence electrons. The van der Waals surface area contributed by atoms with E-state index in [1.807, 2.05) is 6.08 Å². The summed E-state index contributed by atoms with van der Waals surface area (Å²) >= 11 is 0. The smallest absolute Gasteiger partial charge is 0.0541 e. The molecule has 0 fully saturated rings. The summed E-state index contributed by atoms with van der Waals surface area (Å²) in [4.78, 5) is 0. The largest absolute Gasteiger partial charge is 0.309 e. The Balaban J connectivity index is 1.25. The SMILES string of the molecule is C=Cc1ccc2c(c1)c1cc(-c3ccc4c(c3)c3ccccc3n4-c3ccccc3)ccc1n2-c1cccc(-c2ccccc2)c1. The topological polar surface area (TPSA) is 9.86 Å². The predicted molar refractivity (Wildman–Crippen MR) is 196 cm³/mol. The lowest BCUT2D eigenvalue weighted by atomic mass is 10.00. The van der Waals surface area contributed by atoms with Crippen LogP contribution in [0.1, 0.15) is 5.56 Å². The van der Waals surface area contributed by atoms with Crippen molar-refractivity contribution < 1.29 is 0 Å². The van der Waals surface area contributed by atoms with Gasteiger partial charge in [0.25, 0.3) is 0 Å². The van der Waals surface area contributed by atoms with Gasteiger partial charge in [-0.05, 0) is 94.5 Å². The minimum atomic E-state index is 1.12. The van der Waals surface area contributed by atoms with E-state index in [1.165, 1.54) is 71.6 Å². The van der Waals surface area contributed by atoms with Crippen LogP contribution in [-0.4, -0.2) is 9.13 Å². The van der Waals surface area contributed by atoms with Crippen LogP contribution in [0.25, 0.3) is 83.3 Å². The Kier molecular flexibility index (Phi) is 6.00. The van der Waals surface area contributed by atoms with E-state index in [1.54, 1.807) is 0 Å². The number of rotatable bonds is 5. The van der Waals surface area contributed by atoms with Gasteiger partial charge in [-0.25, -0.2) is 0 Å². The molecule has 2 heterocycles. The lowest BCUT2D eigenvalue weighted by Crippen LogP contribution is -1.94. The molecule has 46 heavy (non-hydrogen) atoms. The number of hydrogen-bond donors (Lipinski definition) is 0. The molecule has 0 atom stereocenters. The molecule has 0 spiro atoms. The number of fused-ring (bicyclic) bond motifs is 6. The van der Waals surface area contributed by atoms with Gasteiger partial charge in [-0.15, -0.1) is 0 Å². The molecule has 0 radical (unpaired) electrons. The minimum absolute atomic E-state index is 1.12. The van der Waals surface area contributed by atoms with Gasteiger partial charge in [0.1, 0.15) is 0 Å². The van der Waals surface area contributed by atoms with Gasteiger partial charge < -0.3 is 9.13 Å². The standard InChI is InChI=1S/C44H30N2/c1-2-30-20-23-42-38(26-30)40-29-34(22-25-44(40)46(42)36-17-11-14-32(27-36)31-12-5-3-6-13-31)33-21-24-43-39(28-33)37-18-9-10-19-41(37)45(43)35-15-7-4-8-16-35/h2-29H,1H2. The van der Waals surface area contributed by atoms with Gasteiger partial charge in [0.05, 0.1) is 22.1 Å². The Morgan fingerprint density at radius 2 is 0.848 bits per heavy atom. The van der Waals surface area contributed by atoms with Crippen LogP contribution in [0, 0.1) is 0 Å². The van der Waals surface area contributed by atoms with Crippen molar-refractivity contribution >= 4 is 49.7 Å². The molecule has 0 saturated heterocycles. The van der Waals surface area contributed by atoms with Crippen LogP contribution in [0.3, 0.4) is 0 Å². The van der Waals surface area contributed by atoms with Crippen molar-refractivity contribution in [3.8, 4) is 33.6 Å². The maximum Gasteiger partial charge on any atom is 0.0541 e. The monoisotopic (exact) mass is 586 g/mol. The first-order valence-corrected chi connectivity index (χ1v) is 15.7. The Hall–Kier alpha value is -6.12. The van der Waals surface area contributed by atoms with Crippen molar-refractivity contribution in [2.75, 3.05) is 0 Å². The lowest BCUT2D eigenvalue weighted by molar-refractivity contribution is 1.18. The van der Waals surface area contributed by atoms with Gasteiger partial charge in [0.15, 0.2) is 0 Å². The molecule has 2 heteroatoms. The van der Waals surface area contributed by atoms with Crippen LogP contribution >= 0.6 is 0 Å². The quantitative estimate of drug-likeness (QED) is 0.190. The van der Waals surface area contributed by atoms with E-state index in [0.717, 1.165) is 11.3 Å². The summed E-state index contributed by atoms with van der Waals surface area (Å²) in [5.41, 5.74) is 13.1. The molecule has 9 aromatic rings. The Morgan fingerprint density at radius 1 is 0.348 bits per heavy atom. The number of para-hydroxylation sites is 2. The highest BCUT2D eigenvalue weighted by Gasteiger charge is 2.16. The molecule has 9 rings (SSSR count). The van der Waals surface area contributed by atoms with Gasteiger partial charge >= 0.3 is 0 Å². The second-order valence-corrected chi connectivity index (χ2v) is 11.9. The summed E-state index contributed by atoms with van der Waals surface area (Å²) in [6.45, 7) is 4.06. The average Bonchev–Trinajstić information content (AvgIpc) is 3.64. The normalized spacial score (nSPS) is 11.6. The minimum Gasteiger partial charge on any atom is -0.309 e. The predicted octanol–water partition coefficient (Wildman–Crippen LogP) is 11.9. The third kappa shape index (κ3) is 4.12. The van der Waals surface area contributed by atoms with Crippen LogP contribution in [0.2, 0.25) is 0 Å². The summed E-state index contributed by atoms with van der Waals surface area (Å²) in [5, 5.41) is 4.97. The van der Waals surface area contributed by atoms with Gasteiger partial charge in [-0.3, -0.25) is 0 Å². The van der Waals surface area contributed by atoms with Crippen molar-refractivity contribution in [3.05, 3.63) is 176 Å². The zero-order valence-electron chi connectivity index (χ0n) is 25.3. The van der Waals surface area contributed by atoms with Crippen molar-refractivity contribution in [3.63, 3.8) is 0 Å². The highest BCUT2D eigenvalue weighted by Crippen LogP contribution is 2.39. The highest BCUT2D eigenvalue weighted by atomic mass is 15.0. The maximum absolute atomic E-state index is 4.06. The zero-order chi connectivity index (χ0) is 30.6. The first-order chi connectivity index (χ1) is 22.8. The molecule has 0 aliphatic heterocycles. The maximum atomic E-state index is 4.06. The molecule has 0 aliphatic carbocycles. The van der Waals surface area contributed by atoms with E-state index < -0.39 is 0 Å². The molecular weight excluding hydrogens is 556 g/mol. The molecule has 2 aromatic heterocycles. The lowest BCUT2D eigenvalue weighted by Gasteiger charge is -2.11. The van der Waals surface area contributed by atoms with Crippen molar-refractivity contribution in [2.45, 2.75) is 0 Å². The van der Waals surface area contributed by atoms with Crippen LogP contribution in [0.4, 0.5) is 0 Å². The number of nitrogens with zero attached hydrogens (tertiary/aromatic N) is 2. The van der Waals surface area contributed by atoms with Crippen molar-refractivity contribution in [2.24, 2.45) is 0 Å². The molecule has 0 bridgehead atoms. The number of hydrogen-bond acceptors (Lipinski definition) is 0. The second kappa shape index (κ2) is 10.5. The van der Waals surface area contributed by atoms with Crippen LogP contribution < -0.4 is 0 Å². The summed E-state index contributed by atoms with van der Waals surface area (Å²) in [5.74, 6) is 0. The third-order valence-corrected chi connectivity index (χ3v) is 9.26. The van der Waals surface area contributed by atoms with Gasteiger partial charge in [-0.2, -0.15) is 0 Å². The third-order valence-electron chi connectivity index (χ3n) is 9.26. The van der Waals surface area contributed by atoms with E-state index in [0.29, 0.717) is 0 Å². The molecular formula is C44H30N2. The first kappa shape index (κ1) is 26.3. The van der Waals surface area contributed by atoms with E-state index in [9.17, 15) is 0 Å². The average molecular weight is 587 g/mol. The van der Waals surface area contributed by atoms with Crippen LogP contribution in [0.15, 0.2) is 170 Å². The summed E-state index contributed by atoms with van der Waals surface area (Å²) in [6.07, 6.45) is 1.93. The molecule has 0 unspecified atom stereocenters. The Morgan fingerprint density at radius 3 is 1.57 bits per heavy atom.